The third-order valence-corrected chi connectivity index (χ3v) is 7.50. The van der Waals surface area contributed by atoms with Gasteiger partial charge in [-0.2, -0.15) is 4.31 Å². The van der Waals surface area contributed by atoms with Gasteiger partial charge in [0.05, 0.1) is 0 Å². The molecule has 0 atom stereocenters. The summed E-state index contributed by atoms with van der Waals surface area (Å²) in [7, 11) is -2.55. The fourth-order valence-electron chi connectivity index (χ4n) is 3.37. The average molecular weight is 469 g/mol. The van der Waals surface area contributed by atoms with Gasteiger partial charge in [-0.25, -0.2) is 12.8 Å². The number of halogens is 2. The van der Waals surface area contributed by atoms with Gasteiger partial charge in [0.15, 0.2) is 0 Å². The molecule has 1 saturated carbocycles. The van der Waals surface area contributed by atoms with Crippen LogP contribution in [0.4, 0.5) is 10.1 Å². The maximum Gasteiger partial charge on any atom is 0.255 e. The first-order valence-corrected chi connectivity index (χ1v) is 11.4. The van der Waals surface area contributed by atoms with Gasteiger partial charge < -0.3 is 5.32 Å². The topological polar surface area (TPSA) is 66.5 Å². The van der Waals surface area contributed by atoms with E-state index < -0.39 is 26.6 Å². The van der Waals surface area contributed by atoms with Crippen LogP contribution < -0.4 is 5.32 Å². The van der Waals surface area contributed by atoms with Gasteiger partial charge in [0, 0.05) is 28.8 Å². The minimum absolute atomic E-state index is 0.0833. The summed E-state index contributed by atoms with van der Waals surface area (Å²) in [5.41, 5.74) is 0.640. The molecule has 0 saturated heterocycles. The molecule has 2 aromatic carbocycles. The molecule has 0 heterocycles. The van der Waals surface area contributed by atoms with E-state index in [1.165, 1.54) is 17.4 Å². The summed E-state index contributed by atoms with van der Waals surface area (Å²) >= 11 is 3.32. The number of carbonyl (C=O) groups is 1. The van der Waals surface area contributed by atoms with Gasteiger partial charge in [-0.15, -0.1) is 0 Å². The fraction of sp³-hybridized carbons (Fsp3) is 0.350. The number of nitrogens with zero attached hydrogens (tertiary/aromatic N) is 1. The van der Waals surface area contributed by atoms with Crippen molar-refractivity contribution in [2.45, 2.75) is 43.0 Å². The molecule has 3 rings (SSSR count). The Morgan fingerprint density at radius 3 is 2.39 bits per heavy atom. The van der Waals surface area contributed by atoms with Crippen molar-refractivity contribution in [3.05, 3.63) is 58.3 Å². The van der Waals surface area contributed by atoms with Gasteiger partial charge in [-0.1, -0.05) is 35.2 Å². The third kappa shape index (κ3) is 4.61. The number of hydrogen-bond acceptors (Lipinski definition) is 3. The number of hydrogen-bond donors (Lipinski definition) is 1. The fourth-order valence-corrected chi connectivity index (χ4v) is 5.14. The van der Waals surface area contributed by atoms with E-state index >= 15 is 0 Å². The standard InChI is InChI=1S/C20H22BrFN2O3S/c1-24(17-5-3-2-4-6-17)28(26,27)19-13-14(7-12-18(19)22)20(25)23-16-10-8-15(21)9-11-16/h7-13,17H,2-6H2,1H3,(H,23,25). The summed E-state index contributed by atoms with van der Waals surface area (Å²) in [6, 6.07) is 10.2. The molecule has 28 heavy (non-hydrogen) atoms. The molecule has 150 valence electrons. The number of anilines is 1. The highest BCUT2D eigenvalue weighted by atomic mass is 79.9. The van der Waals surface area contributed by atoms with Crippen LogP contribution in [0.2, 0.25) is 0 Å². The van der Waals surface area contributed by atoms with E-state index in [9.17, 15) is 17.6 Å². The largest absolute Gasteiger partial charge is 0.322 e. The van der Waals surface area contributed by atoms with Gasteiger partial charge >= 0.3 is 0 Å². The van der Waals surface area contributed by atoms with Gasteiger partial charge in [0.1, 0.15) is 10.7 Å². The molecule has 1 amide bonds. The van der Waals surface area contributed by atoms with E-state index in [2.05, 4.69) is 21.2 Å². The smallest absolute Gasteiger partial charge is 0.255 e. The summed E-state index contributed by atoms with van der Waals surface area (Å²) in [5, 5.41) is 2.69. The van der Waals surface area contributed by atoms with Crippen molar-refractivity contribution in [3.8, 4) is 0 Å². The first-order valence-electron chi connectivity index (χ1n) is 9.13. The molecule has 0 aromatic heterocycles. The number of nitrogens with one attached hydrogen (secondary N) is 1. The highest BCUT2D eigenvalue weighted by Gasteiger charge is 2.31. The monoisotopic (exact) mass is 468 g/mol. The maximum atomic E-state index is 14.4. The van der Waals surface area contributed by atoms with Gasteiger partial charge in [0.2, 0.25) is 10.0 Å². The average Bonchev–Trinajstić information content (AvgIpc) is 2.70. The summed E-state index contributed by atoms with van der Waals surface area (Å²) in [4.78, 5) is 12.0. The normalized spacial score (nSPS) is 15.6. The Bertz CT molecular complexity index is 958. The number of carbonyl (C=O) groups excluding carboxylic acids is 1. The lowest BCUT2D eigenvalue weighted by molar-refractivity contribution is 0.102. The van der Waals surface area contributed by atoms with Gasteiger partial charge in [0.25, 0.3) is 5.91 Å². The minimum Gasteiger partial charge on any atom is -0.322 e. The van der Waals surface area contributed by atoms with E-state index in [4.69, 9.17) is 0 Å². The zero-order valence-corrected chi connectivity index (χ0v) is 17.9. The minimum atomic E-state index is -4.03. The Labute approximate surface area is 173 Å². The zero-order chi connectivity index (χ0) is 20.3. The Hall–Kier alpha value is -1.77. The molecule has 5 nitrogen and oxygen atoms in total. The highest BCUT2D eigenvalue weighted by Crippen LogP contribution is 2.28. The summed E-state index contributed by atoms with van der Waals surface area (Å²) in [6.07, 6.45) is 4.54. The predicted molar refractivity (Wildman–Crippen MR) is 110 cm³/mol. The van der Waals surface area contributed by atoms with Crippen LogP contribution in [0.3, 0.4) is 0 Å². The van der Waals surface area contributed by atoms with E-state index in [-0.39, 0.29) is 11.6 Å². The molecule has 0 aliphatic heterocycles. The number of amides is 1. The molecule has 0 radical (unpaired) electrons. The molecule has 1 fully saturated rings. The highest BCUT2D eigenvalue weighted by molar-refractivity contribution is 9.10. The molecule has 1 aliphatic rings. The van der Waals surface area contributed by atoms with Crippen molar-refractivity contribution in [1.82, 2.24) is 4.31 Å². The van der Waals surface area contributed by atoms with Crippen molar-refractivity contribution < 1.29 is 17.6 Å². The molecule has 8 heteroatoms. The van der Waals surface area contributed by atoms with Crippen LogP contribution in [0.15, 0.2) is 51.8 Å². The lowest BCUT2D eigenvalue weighted by atomic mass is 9.96. The number of sulfonamides is 1. The van der Waals surface area contributed by atoms with Crippen LogP contribution in [0, 0.1) is 5.82 Å². The van der Waals surface area contributed by atoms with Crippen LogP contribution in [-0.2, 0) is 10.0 Å². The van der Waals surface area contributed by atoms with Crippen molar-refractivity contribution in [2.75, 3.05) is 12.4 Å². The van der Waals surface area contributed by atoms with E-state index in [1.54, 1.807) is 24.3 Å². The Balaban J connectivity index is 1.85. The van der Waals surface area contributed by atoms with Crippen LogP contribution >= 0.6 is 15.9 Å². The Morgan fingerprint density at radius 1 is 1.11 bits per heavy atom. The molecular weight excluding hydrogens is 447 g/mol. The molecule has 0 spiro atoms. The number of rotatable bonds is 5. The molecule has 1 aliphatic carbocycles. The lowest BCUT2D eigenvalue weighted by Gasteiger charge is -2.30. The summed E-state index contributed by atoms with van der Waals surface area (Å²) < 4.78 is 42.4. The first-order chi connectivity index (χ1) is 13.3. The molecule has 0 bridgehead atoms. The summed E-state index contributed by atoms with van der Waals surface area (Å²) in [5.74, 6) is -1.36. The predicted octanol–water partition coefficient (Wildman–Crippen LogP) is 4.79. The van der Waals surface area contributed by atoms with Crippen LogP contribution in [0.25, 0.3) is 0 Å². The van der Waals surface area contributed by atoms with Crippen LogP contribution in [0.1, 0.15) is 42.5 Å². The molecule has 0 unspecified atom stereocenters. The van der Waals surface area contributed by atoms with Crippen LogP contribution in [0.5, 0.6) is 0 Å². The lowest BCUT2D eigenvalue weighted by Crippen LogP contribution is -2.38. The second-order valence-corrected chi connectivity index (χ2v) is 9.80. The Kier molecular flexibility index (Phi) is 6.52. The van der Waals surface area contributed by atoms with Crippen molar-refractivity contribution >= 4 is 37.5 Å². The maximum absolute atomic E-state index is 14.4. The van der Waals surface area contributed by atoms with E-state index in [0.717, 1.165) is 48.7 Å². The van der Waals surface area contributed by atoms with E-state index in [1.807, 2.05) is 0 Å². The molecule has 2 aromatic rings. The quantitative estimate of drug-likeness (QED) is 0.685. The second kappa shape index (κ2) is 8.71. The second-order valence-electron chi connectivity index (χ2n) is 6.92. The van der Waals surface area contributed by atoms with Crippen molar-refractivity contribution in [1.29, 1.82) is 0 Å². The SMILES string of the molecule is CN(C1CCCCC1)S(=O)(=O)c1cc(C(=O)Nc2ccc(Br)cc2)ccc1F. The van der Waals surface area contributed by atoms with E-state index in [0.29, 0.717) is 5.69 Å². The third-order valence-electron chi connectivity index (χ3n) is 5.04. The Morgan fingerprint density at radius 2 is 1.75 bits per heavy atom. The molecule has 1 N–H and O–H groups in total. The first kappa shape index (κ1) is 21.0. The summed E-state index contributed by atoms with van der Waals surface area (Å²) in [6.45, 7) is 0. The molecular formula is C20H22BrFN2O3S. The zero-order valence-electron chi connectivity index (χ0n) is 15.5. The van der Waals surface area contributed by atoms with Crippen LogP contribution in [-0.4, -0.2) is 31.7 Å². The van der Waals surface area contributed by atoms with Crippen molar-refractivity contribution in [2.24, 2.45) is 0 Å². The van der Waals surface area contributed by atoms with Crippen molar-refractivity contribution in [3.63, 3.8) is 0 Å². The number of benzene rings is 2. The van der Waals surface area contributed by atoms with Gasteiger partial charge in [-0.05, 0) is 55.3 Å². The van der Waals surface area contributed by atoms with Gasteiger partial charge in [-0.3, -0.25) is 4.79 Å².